The summed E-state index contributed by atoms with van der Waals surface area (Å²) in [5.74, 6) is 0.0513. The molecule has 1 nitrogen and oxygen atoms in total. The van der Waals surface area contributed by atoms with Gasteiger partial charge in [-0.15, -0.1) is 0 Å². The van der Waals surface area contributed by atoms with Gasteiger partial charge in [0.15, 0.2) is 20.5 Å². The van der Waals surface area contributed by atoms with Crippen LogP contribution >= 0.6 is 11.8 Å². The van der Waals surface area contributed by atoms with Crippen molar-refractivity contribution in [3.8, 4) is 0 Å². The van der Waals surface area contributed by atoms with Crippen molar-refractivity contribution >= 4 is 28.4 Å². The van der Waals surface area contributed by atoms with Crippen molar-refractivity contribution in [2.45, 2.75) is 24.5 Å². The molecule has 5 aromatic carbocycles. The number of rotatable bonds is 7. The van der Waals surface area contributed by atoms with Gasteiger partial charge < -0.3 is 0 Å². The highest BCUT2D eigenvalue weighted by molar-refractivity contribution is 7.99. The molecule has 0 fully saturated rings. The number of hydrogen-bond donors (Lipinski definition) is 0. The molecule has 0 saturated carbocycles. The van der Waals surface area contributed by atoms with Gasteiger partial charge >= 0.3 is 0 Å². The molecular weight excluding hydrogens is 452 g/mol. The molecule has 5 aromatic rings. The molecule has 0 heterocycles. The third-order valence-corrected chi connectivity index (χ3v) is 8.65. The van der Waals surface area contributed by atoms with E-state index in [1.807, 2.05) is 54.6 Å². The number of benzene rings is 5. The maximum absolute atomic E-state index is 12.6. The predicted octanol–water partition coefficient (Wildman–Crippen LogP) is 8.16. The van der Waals surface area contributed by atoms with Gasteiger partial charge in [-0.3, -0.25) is 4.79 Å². The summed E-state index contributed by atoms with van der Waals surface area (Å²) in [6.07, 6.45) is 0. The molecule has 0 spiro atoms. The average molecular weight is 476 g/mol. The molecule has 0 aliphatic heterocycles. The molecule has 34 heavy (non-hydrogen) atoms. The van der Waals surface area contributed by atoms with E-state index in [0.29, 0.717) is 11.1 Å². The fourth-order valence-corrected chi connectivity index (χ4v) is 6.63. The first-order chi connectivity index (χ1) is 16.8. The molecule has 0 atom stereocenters. The van der Waals surface area contributed by atoms with E-state index in [-0.39, 0.29) is 16.7 Å². The van der Waals surface area contributed by atoms with Crippen LogP contribution in [0.25, 0.3) is 0 Å². The van der Waals surface area contributed by atoms with E-state index in [9.17, 15) is 4.79 Å². The summed E-state index contributed by atoms with van der Waals surface area (Å²) in [5.41, 5.74) is 1.42. The van der Waals surface area contributed by atoms with Crippen molar-refractivity contribution in [1.82, 2.24) is 0 Å². The van der Waals surface area contributed by atoms with Gasteiger partial charge in [0.2, 0.25) is 0 Å². The highest BCUT2D eigenvalue weighted by Gasteiger charge is 2.28. The summed E-state index contributed by atoms with van der Waals surface area (Å²) < 4.78 is 0. The Morgan fingerprint density at radius 2 is 0.824 bits per heavy atom. The van der Waals surface area contributed by atoms with Crippen LogP contribution in [0.4, 0.5) is 0 Å². The van der Waals surface area contributed by atoms with Crippen LogP contribution in [0.5, 0.6) is 0 Å². The lowest BCUT2D eigenvalue weighted by Gasteiger charge is -2.09. The summed E-state index contributed by atoms with van der Waals surface area (Å²) in [5, 5.41) is 0. The maximum Gasteiger partial charge on any atom is 0.193 e. The molecule has 5 rings (SSSR count). The minimum Gasteiger partial charge on any atom is -0.289 e. The van der Waals surface area contributed by atoms with Crippen LogP contribution in [0, 0.1) is 0 Å². The third-order valence-electron chi connectivity index (χ3n) is 5.41. The van der Waals surface area contributed by atoms with Crippen LogP contribution in [0.1, 0.15) is 15.9 Å². The molecule has 0 aliphatic rings. The van der Waals surface area contributed by atoms with Gasteiger partial charge in [0, 0.05) is 20.9 Å². The molecule has 0 bridgehead atoms. The Morgan fingerprint density at radius 1 is 0.441 bits per heavy atom. The fourth-order valence-electron chi connectivity index (χ4n) is 3.73. The van der Waals surface area contributed by atoms with Crippen LogP contribution < -0.4 is 0 Å². The van der Waals surface area contributed by atoms with Crippen LogP contribution in [-0.4, -0.2) is 5.78 Å². The van der Waals surface area contributed by atoms with Gasteiger partial charge in [0.1, 0.15) is 0 Å². The second kappa shape index (κ2) is 10.6. The topological polar surface area (TPSA) is 17.1 Å². The Kier molecular flexibility index (Phi) is 6.94. The number of ketones is 1. The lowest BCUT2D eigenvalue weighted by atomic mass is 10.0. The van der Waals surface area contributed by atoms with Crippen molar-refractivity contribution < 1.29 is 4.79 Å². The van der Waals surface area contributed by atoms with E-state index in [1.165, 1.54) is 19.6 Å². The SMILES string of the molecule is O=C(c1ccccc1)c1ccc(Sc2ccc([S+](c3ccccc3)c3ccccc3)cc2)cc1. The van der Waals surface area contributed by atoms with Crippen molar-refractivity contribution in [1.29, 1.82) is 0 Å². The van der Waals surface area contributed by atoms with Gasteiger partial charge in [0.05, 0.1) is 10.9 Å². The Balaban J connectivity index is 1.34. The highest BCUT2D eigenvalue weighted by atomic mass is 32.2. The predicted molar refractivity (Wildman–Crippen MR) is 142 cm³/mol. The zero-order chi connectivity index (χ0) is 23.2. The van der Waals surface area contributed by atoms with Crippen LogP contribution in [0.15, 0.2) is 164 Å². The van der Waals surface area contributed by atoms with Crippen LogP contribution in [0.2, 0.25) is 0 Å². The minimum atomic E-state index is -0.143. The summed E-state index contributed by atoms with van der Waals surface area (Å²) in [7, 11) is -0.143. The largest absolute Gasteiger partial charge is 0.289 e. The molecule has 3 heteroatoms. The molecule has 0 aromatic heterocycles. The Labute approximate surface area is 207 Å². The summed E-state index contributed by atoms with van der Waals surface area (Å²) in [6, 6.07) is 47.5. The Bertz CT molecular complexity index is 1310. The number of carbonyl (C=O) groups is 1. The summed E-state index contributed by atoms with van der Waals surface area (Å²) >= 11 is 1.71. The zero-order valence-electron chi connectivity index (χ0n) is 18.5. The lowest BCUT2D eigenvalue weighted by molar-refractivity contribution is 0.103. The van der Waals surface area contributed by atoms with Gasteiger partial charge in [-0.25, -0.2) is 0 Å². The summed E-state index contributed by atoms with van der Waals surface area (Å²) in [4.78, 5) is 18.9. The quantitative estimate of drug-likeness (QED) is 0.174. The van der Waals surface area contributed by atoms with Gasteiger partial charge in [-0.05, 0) is 72.8 Å². The highest BCUT2D eigenvalue weighted by Crippen LogP contribution is 2.34. The van der Waals surface area contributed by atoms with Crippen LogP contribution in [0.3, 0.4) is 0 Å². The molecule has 0 radical (unpaired) electrons. The fraction of sp³-hybridized carbons (Fsp3) is 0. The van der Waals surface area contributed by atoms with Crippen molar-refractivity contribution in [3.05, 3.63) is 151 Å². The second-order valence-electron chi connectivity index (χ2n) is 7.73. The first-order valence-corrected chi connectivity index (χ1v) is 13.1. The van der Waals surface area contributed by atoms with Crippen molar-refractivity contribution in [3.63, 3.8) is 0 Å². The molecular formula is C31H23OS2+. The normalized spacial score (nSPS) is 10.9. The van der Waals surface area contributed by atoms with Crippen molar-refractivity contribution in [2.75, 3.05) is 0 Å². The van der Waals surface area contributed by atoms with Gasteiger partial charge in [-0.1, -0.05) is 78.5 Å². The van der Waals surface area contributed by atoms with E-state index in [1.54, 1.807) is 11.8 Å². The first-order valence-electron chi connectivity index (χ1n) is 11.1. The monoisotopic (exact) mass is 475 g/mol. The Hall–Kier alpha value is -3.53. The van der Waals surface area contributed by atoms with Gasteiger partial charge in [-0.2, -0.15) is 0 Å². The van der Waals surface area contributed by atoms with Crippen molar-refractivity contribution in [2.24, 2.45) is 0 Å². The van der Waals surface area contributed by atoms with E-state index in [4.69, 9.17) is 0 Å². The van der Waals surface area contributed by atoms with E-state index >= 15 is 0 Å². The molecule has 0 amide bonds. The van der Waals surface area contributed by atoms with Gasteiger partial charge in [0.25, 0.3) is 0 Å². The molecule has 0 saturated heterocycles. The van der Waals surface area contributed by atoms with Crippen LogP contribution in [-0.2, 0) is 10.9 Å². The molecule has 0 aliphatic carbocycles. The third kappa shape index (κ3) is 5.17. The lowest BCUT2D eigenvalue weighted by Crippen LogP contribution is -2.04. The molecule has 0 N–H and O–H groups in total. The van der Waals surface area contributed by atoms with E-state index < -0.39 is 0 Å². The van der Waals surface area contributed by atoms with E-state index in [0.717, 1.165) is 4.90 Å². The average Bonchev–Trinajstić information content (AvgIpc) is 2.92. The number of hydrogen-bond acceptors (Lipinski definition) is 2. The smallest absolute Gasteiger partial charge is 0.193 e. The minimum absolute atomic E-state index is 0.0513. The van der Waals surface area contributed by atoms with E-state index in [2.05, 4.69) is 84.9 Å². The standard InChI is InChI=1S/C31H23OS2/c32-31(24-10-4-1-5-11-24)25-16-18-26(19-17-25)33-27-20-22-30(23-21-27)34(28-12-6-2-7-13-28)29-14-8-3-9-15-29/h1-23H/q+1. The summed E-state index contributed by atoms with van der Waals surface area (Å²) in [6.45, 7) is 0. The zero-order valence-corrected chi connectivity index (χ0v) is 20.1. The first kappa shape index (κ1) is 22.3. The second-order valence-corrected chi connectivity index (χ2v) is 10.9. The molecule has 164 valence electrons. The Morgan fingerprint density at radius 3 is 1.32 bits per heavy atom. The maximum atomic E-state index is 12.6. The number of carbonyl (C=O) groups excluding carboxylic acids is 1. The molecule has 0 unspecified atom stereocenters.